The van der Waals surface area contributed by atoms with Crippen LogP contribution in [0.4, 0.5) is 4.79 Å². The van der Waals surface area contributed by atoms with Crippen molar-refractivity contribution < 1.29 is 38.9 Å². The van der Waals surface area contributed by atoms with Gasteiger partial charge in [-0.1, -0.05) is 48.5 Å². The number of esters is 1. The molecule has 180 valence electrons. The number of aliphatic hydroxyl groups is 1. The van der Waals surface area contributed by atoms with Gasteiger partial charge in [0, 0.05) is 12.3 Å². The first-order chi connectivity index (χ1) is 16.3. The number of nitrogens with one attached hydrogen (secondary N) is 2. The highest BCUT2D eigenvalue weighted by atomic mass is 16.5. The van der Waals surface area contributed by atoms with Gasteiger partial charge in [0.15, 0.2) is 6.10 Å². The lowest BCUT2D eigenvalue weighted by molar-refractivity contribution is -0.150. The molecule has 2 amide bonds. The van der Waals surface area contributed by atoms with Crippen LogP contribution in [0, 0.1) is 0 Å². The Morgan fingerprint density at radius 1 is 1.00 bits per heavy atom. The fourth-order valence-electron chi connectivity index (χ4n) is 3.86. The molecule has 0 aliphatic heterocycles. The van der Waals surface area contributed by atoms with Crippen molar-refractivity contribution >= 4 is 23.9 Å². The maximum atomic E-state index is 12.5. The number of alkyl carbamates (subject to hydrolysis) is 1. The highest BCUT2D eigenvalue weighted by Gasteiger charge is 2.30. The number of carbonyl (C=O) groups excluding carboxylic acids is 3. The number of aliphatic carboxylic acids is 1. The number of hydrogen-bond donors (Lipinski definition) is 4. The lowest BCUT2D eigenvalue weighted by atomic mass is 9.98. The van der Waals surface area contributed by atoms with Gasteiger partial charge in [-0.25, -0.2) is 9.59 Å². The summed E-state index contributed by atoms with van der Waals surface area (Å²) in [6.07, 6.45) is -3.08. The second-order valence-electron chi connectivity index (χ2n) is 7.74. The Labute approximate surface area is 195 Å². The third kappa shape index (κ3) is 5.90. The zero-order valence-corrected chi connectivity index (χ0v) is 18.5. The molecule has 0 heterocycles. The normalized spacial score (nSPS) is 13.7. The van der Waals surface area contributed by atoms with Gasteiger partial charge in [0.25, 0.3) is 0 Å². The summed E-state index contributed by atoms with van der Waals surface area (Å²) >= 11 is 0. The Morgan fingerprint density at radius 3 is 2.15 bits per heavy atom. The summed E-state index contributed by atoms with van der Waals surface area (Å²) in [5.74, 6) is -3.04. The second kappa shape index (κ2) is 11.3. The van der Waals surface area contributed by atoms with Crippen LogP contribution in [0.3, 0.4) is 0 Å². The van der Waals surface area contributed by atoms with Crippen LogP contribution in [0.25, 0.3) is 11.1 Å². The van der Waals surface area contributed by atoms with E-state index >= 15 is 0 Å². The van der Waals surface area contributed by atoms with Gasteiger partial charge >= 0.3 is 18.0 Å². The molecule has 0 aromatic heterocycles. The first-order valence-corrected chi connectivity index (χ1v) is 10.7. The van der Waals surface area contributed by atoms with Crippen LogP contribution in [-0.4, -0.2) is 66.6 Å². The summed E-state index contributed by atoms with van der Waals surface area (Å²) < 4.78 is 9.78. The maximum Gasteiger partial charge on any atom is 0.407 e. The van der Waals surface area contributed by atoms with Crippen LogP contribution in [-0.2, 0) is 23.9 Å². The van der Waals surface area contributed by atoms with Crippen molar-refractivity contribution in [2.45, 2.75) is 30.9 Å². The number of carboxylic acid groups (broad SMARTS) is 1. The third-order valence-corrected chi connectivity index (χ3v) is 5.54. The van der Waals surface area contributed by atoms with Gasteiger partial charge in [0.2, 0.25) is 5.91 Å². The number of carbonyl (C=O) groups is 4. The lowest BCUT2D eigenvalue weighted by Gasteiger charge is -2.20. The first kappa shape index (κ1) is 24.7. The highest BCUT2D eigenvalue weighted by Crippen LogP contribution is 2.44. The smallest absolute Gasteiger partial charge is 0.407 e. The monoisotopic (exact) mass is 470 g/mol. The van der Waals surface area contributed by atoms with E-state index in [0.717, 1.165) is 29.4 Å². The van der Waals surface area contributed by atoms with E-state index in [2.05, 4.69) is 15.4 Å². The van der Waals surface area contributed by atoms with E-state index in [1.165, 1.54) is 0 Å². The number of hydrogen-bond acceptors (Lipinski definition) is 7. The van der Waals surface area contributed by atoms with E-state index in [1.807, 2.05) is 48.5 Å². The van der Waals surface area contributed by atoms with Crippen molar-refractivity contribution in [2.24, 2.45) is 0 Å². The summed E-state index contributed by atoms with van der Waals surface area (Å²) in [5, 5.41) is 23.2. The molecule has 4 N–H and O–H groups in total. The molecule has 0 fully saturated rings. The number of aliphatic hydroxyl groups excluding tert-OH is 1. The average molecular weight is 470 g/mol. The van der Waals surface area contributed by atoms with E-state index < -0.39 is 42.6 Å². The van der Waals surface area contributed by atoms with Gasteiger partial charge < -0.3 is 30.3 Å². The predicted molar refractivity (Wildman–Crippen MR) is 120 cm³/mol. The molecule has 0 saturated heterocycles. The van der Waals surface area contributed by atoms with E-state index in [0.29, 0.717) is 0 Å². The zero-order valence-electron chi connectivity index (χ0n) is 18.5. The number of fused-ring (bicyclic) bond motifs is 3. The van der Waals surface area contributed by atoms with Crippen molar-refractivity contribution in [2.75, 3.05) is 20.3 Å². The van der Waals surface area contributed by atoms with Gasteiger partial charge in [-0.15, -0.1) is 0 Å². The highest BCUT2D eigenvalue weighted by molar-refractivity contribution is 5.87. The Morgan fingerprint density at radius 2 is 1.59 bits per heavy atom. The Hall–Kier alpha value is -3.92. The summed E-state index contributed by atoms with van der Waals surface area (Å²) in [4.78, 5) is 47.2. The Balaban J connectivity index is 1.62. The number of rotatable bonds is 10. The average Bonchev–Trinajstić information content (AvgIpc) is 3.16. The van der Waals surface area contributed by atoms with Gasteiger partial charge in [-0.2, -0.15) is 0 Å². The van der Waals surface area contributed by atoms with Crippen molar-refractivity contribution in [1.82, 2.24) is 10.6 Å². The molecule has 1 aliphatic carbocycles. The second-order valence-corrected chi connectivity index (χ2v) is 7.74. The molecule has 10 nitrogen and oxygen atoms in total. The SMILES string of the molecule is COC(=O)C(O)CNC(=O)C(CCC(=O)O)NC(=O)OCC1c2ccccc2-c2ccccc21. The van der Waals surface area contributed by atoms with Crippen LogP contribution in [0.5, 0.6) is 0 Å². The van der Waals surface area contributed by atoms with E-state index in [-0.39, 0.29) is 25.4 Å². The molecular formula is C24H26N2O8. The van der Waals surface area contributed by atoms with Crippen molar-refractivity contribution in [1.29, 1.82) is 0 Å². The van der Waals surface area contributed by atoms with Gasteiger partial charge in [0.05, 0.1) is 13.7 Å². The minimum atomic E-state index is -1.59. The summed E-state index contributed by atoms with van der Waals surface area (Å²) in [6.45, 7) is -0.435. The van der Waals surface area contributed by atoms with Crippen molar-refractivity contribution in [3.8, 4) is 11.1 Å². The molecule has 1 aliphatic rings. The maximum absolute atomic E-state index is 12.5. The number of methoxy groups -OCH3 is 1. The molecule has 3 rings (SSSR count). The van der Waals surface area contributed by atoms with Crippen molar-refractivity contribution in [3.05, 3.63) is 59.7 Å². The van der Waals surface area contributed by atoms with Crippen LogP contribution >= 0.6 is 0 Å². The van der Waals surface area contributed by atoms with E-state index in [4.69, 9.17) is 9.84 Å². The first-order valence-electron chi connectivity index (χ1n) is 10.7. The molecule has 10 heteroatoms. The minimum absolute atomic E-state index is 0.0220. The zero-order chi connectivity index (χ0) is 24.7. The van der Waals surface area contributed by atoms with Crippen LogP contribution in [0.15, 0.2) is 48.5 Å². The van der Waals surface area contributed by atoms with Crippen molar-refractivity contribution in [3.63, 3.8) is 0 Å². The van der Waals surface area contributed by atoms with E-state index in [9.17, 15) is 24.3 Å². The topological polar surface area (TPSA) is 151 Å². The summed E-state index contributed by atoms with van der Waals surface area (Å²) in [7, 11) is 1.09. The minimum Gasteiger partial charge on any atom is -0.481 e. The molecule has 0 radical (unpaired) electrons. The number of carboxylic acids is 1. The predicted octanol–water partition coefficient (Wildman–Crippen LogP) is 1.41. The number of ether oxygens (including phenoxy) is 2. The molecule has 2 aromatic carbocycles. The van der Waals surface area contributed by atoms with Crippen LogP contribution in [0.1, 0.15) is 29.9 Å². The van der Waals surface area contributed by atoms with Crippen LogP contribution in [0.2, 0.25) is 0 Å². The molecule has 0 spiro atoms. The van der Waals surface area contributed by atoms with Gasteiger partial charge in [0.1, 0.15) is 12.6 Å². The van der Waals surface area contributed by atoms with Gasteiger partial charge in [-0.3, -0.25) is 9.59 Å². The fourth-order valence-corrected chi connectivity index (χ4v) is 3.86. The molecule has 0 saturated carbocycles. The number of amides is 2. The Bertz CT molecular complexity index is 1020. The largest absolute Gasteiger partial charge is 0.481 e. The Kier molecular flexibility index (Phi) is 8.20. The van der Waals surface area contributed by atoms with Crippen LogP contribution < -0.4 is 10.6 Å². The molecule has 2 unspecified atom stereocenters. The molecule has 2 aromatic rings. The molecule has 34 heavy (non-hydrogen) atoms. The molecule has 0 bridgehead atoms. The standard InChI is InChI=1S/C24H26N2O8/c1-33-23(31)20(27)12-25-22(30)19(10-11-21(28)29)26-24(32)34-13-18-16-8-4-2-6-14(16)15-7-3-5-9-17(15)18/h2-9,18-20,27H,10-13H2,1H3,(H,25,30)(H,26,32)(H,28,29). The number of benzene rings is 2. The summed E-state index contributed by atoms with van der Waals surface area (Å²) in [6, 6.07) is 14.4. The quantitative estimate of drug-likeness (QED) is 0.381. The molecular weight excluding hydrogens is 444 g/mol. The van der Waals surface area contributed by atoms with Gasteiger partial charge in [-0.05, 0) is 28.7 Å². The fraction of sp³-hybridized carbons (Fsp3) is 0.333. The van der Waals surface area contributed by atoms with E-state index in [1.54, 1.807) is 0 Å². The third-order valence-electron chi connectivity index (χ3n) is 5.54. The molecule has 2 atom stereocenters. The summed E-state index contributed by atoms with van der Waals surface area (Å²) in [5.41, 5.74) is 4.17. The lowest BCUT2D eigenvalue weighted by Crippen LogP contribution is -2.49.